The van der Waals surface area contributed by atoms with Crippen molar-refractivity contribution in [1.82, 2.24) is 0 Å². The molecule has 0 aromatic rings. The van der Waals surface area contributed by atoms with E-state index in [4.69, 9.17) is 0 Å². The molecule has 0 amide bonds. The van der Waals surface area contributed by atoms with Gasteiger partial charge in [-0.15, -0.1) is 0 Å². The van der Waals surface area contributed by atoms with Crippen LogP contribution in [0.1, 0.15) is 52.4 Å². The number of rotatable bonds is 2. The number of fused-ring (bicyclic) bond motifs is 10. The van der Waals surface area contributed by atoms with Gasteiger partial charge in [-0.3, -0.25) is 0 Å². The Balaban J connectivity index is 1.29. The molecule has 0 spiro atoms. The van der Waals surface area contributed by atoms with Gasteiger partial charge in [0.15, 0.2) is 0 Å². The molecule has 0 aromatic heterocycles. The van der Waals surface area contributed by atoms with E-state index in [0.29, 0.717) is 5.41 Å². The van der Waals surface area contributed by atoms with Crippen LogP contribution in [0.15, 0.2) is 24.3 Å². The third-order valence-corrected chi connectivity index (χ3v) is 9.93. The molecule has 4 fully saturated rings. The Morgan fingerprint density at radius 3 is 1.61 bits per heavy atom. The summed E-state index contributed by atoms with van der Waals surface area (Å²) in [6.07, 6.45) is 19.3. The first-order chi connectivity index (χ1) is 11.1. The first-order valence-electron chi connectivity index (χ1n) is 10.5. The molecule has 4 bridgehead atoms. The maximum absolute atomic E-state index is 2.69. The van der Waals surface area contributed by atoms with E-state index in [-0.39, 0.29) is 0 Å². The van der Waals surface area contributed by atoms with Crippen LogP contribution < -0.4 is 0 Å². The molecule has 6 aliphatic rings. The standard InChI is InChI=1S/C23H32/c1-23(2,21-11-13-9-19(21)17-7-3-5-15(13)17)22-12-14-10-20(22)18-8-4-6-16(14)18/h3-4,7-8,13-22H,5-6,9-12H2,1-2H3. The summed E-state index contributed by atoms with van der Waals surface area (Å²) < 4.78 is 0. The molecule has 0 heterocycles. The zero-order valence-electron chi connectivity index (χ0n) is 14.8. The fourth-order valence-electron chi connectivity index (χ4n) is 9.08. The average Bonchev–Trinajstić information content (AvgIpc) is 3.35. The highest BCUT2D eigenvalue weighted by Gasteiger charge is 2.61. The summed E-state index contributed by atoms with van der Waals surface area (Å²) >= 11 is 0. The monoisotopic (exact) mass is 308 g/mol. The SMILES string of the molecule is CC(C)(C1CC2CC1C1C=CCC21)C1CC2CC1C1C=CCC21. The highest BCUT2D eigenvalue weighted by Crippen LogP contribution is 2.69. The molecule has 0 N–H and O–H groups in total. The predicted octanol–water partition coefficient (Wildman–Crippen LogP) is 5.71. The van der Waals surface area contributed by atoms with Gasteiger partial charge in [0, 0.05) is 0 Å². The van der Waals surface area contributed by atoms with Crippen molar-refractivity contribution in [2.24, 2.45) is 64.6 Å². The Kier molecular flexibility index (Phi) is 2.60. The third kappa shape index (κ3) is 1.60. The van der Waals surface area contributed by atoms with Crippen LogP contribution in [-0.2, 0) is 0 Å². The van der Waals surface area contributed by atoms with Crippen molar-refractivity contribution in [3.05, 3.63) is 24.3 Å². The molecule has 0 aliphatic heterocycles. The van der Waals surface area contributed by atoms with E-state index in [1.54, 1.807) is 25.7 Å². The van der Waals surface area contributed by atoms with Gasteiger partial charge >= 0.3 is 0 Å². The fraction of sp³-hybridized carbons (Fsp3) is 0.826. The van der Waals surface area contributed by atoms with Crippen LogP contribution in [0.3, 0.4) is 0 Å². The number of allylic oxidation sites excluding steroid dienone is 4. The van der Waals surface area contributed by atoms with Crippen molar-refractivity contribution in [3.8, 4) is 0 Å². The molecule has 0 nitrogen and oxygen atoms in total. The first-order valence-corrected chi connectivity index (χ1v) is 10.5. The summed E-state index contributed by atoms with van der Waals surface area (Å²) in [5.74, 6) is 10.3. The molecule has 0 aromatic carbocycles. The molecule has 0 heteroatoms. The molecule has 6 aliphatic carbocycles. The van der Waals surface area contributed by atoms with Crippen LogP contribution in [0, 0.1) is 64.6 Å². The summed E-state index contributed by atoms with van der Waals surface area (Å²) in [5.41, 5.74) is 0.585. The summed E-state index contributed by atoms with van der Waals surface area (Å²) in [6, 6.07) is 0. The summed E-state index contributed by atoms with van der Waals surface area (Å²) in [5, 5.41) is 0. The van der Waals surface area contributed by atoms with E-state index in [0.717, 1.165) is 59.2 Å². The highest BCUT2D eigenvalue weighted by atomic mass is 14.7. The average molecular weight is 309 g/mol. The van der Waals surface area contributed by atoms with E-state index >= 15 is 0 Å². The van der Waals surface area contributed by atoms with Crippen molar-refractivity contribution in [2.75, 3.05) is 0 Å². The molecular formula is C23H32. The van der Waals surface area contributed by atoms with Gasteiger partial charge in [0.25, 0.3) is 0 Å². The quantitative estimate of drug-likeness (QED) is 0.573. The molecule has 10 atom stereocenters. The maximum Gasteiger partial charge on any atom is -0.0168 e. The lowest BCUT2D eigenvalue weighted by Gasteiger charge is -2.49. The number of hydrogen-bond donors (Lipinski definition) is 0. The third-order valence-electron chi connectivity index (χ3n) is 9.93. The fourth-order valence-corrected chi connectivity index (χ4v) is 9.08. The molecular weight excluding hydrogens is 276 g/mol. The van der Waals surface area contributed by atoms with Gasteiger partial charge in [0.05, 0.1) is 0 Å². The zero-order chi connectivity index (χ0) is 15.3. The Morgan fingerprint density at radius 2 is 1.13 bits per heavy atom. The molecule has 0 saturated heterocycles. The zero-order valence-corrected chi connectivity index (χ0v) is 14.8. The lowest BCUT2D eigenvalue weighted by atomic mass is 9.56. The van der Waals surface area contributed by atoms with Crippen molar-refractivity contribution in [2.45, 2.75) is 52.4 Å². The largest absolute Gasteiger partial charge is 0.0879 e. The van der Waals surface area contributed by atoms with Gasteiger partial charge < -0.3 is 0 Å². The topological polar surface area (TPSA) is 0 Å². The summed E-state index contributed by atoms with van der Waals surface area (Å²) in [6.45, 7) is 5.37. The minimum absolute atomic E-state index is 0.585. The van der Waals surface area contributed by atoms with Crippen LogP contribution in [0.2, 0.25) is 0 Å². The minimum Gasteiger partial charge on any atom is -0.0879 e. The van der Waals surface area contributed by atoms with E-state index < -0.39 is 0 Å². The van der Waals surface area contributed by atoms with Crippen LogP contribution in [0.25, 0.3) is 0 Å². The normalized spacial score (nSPS) is 58.3. The molecule has 10 unspecified atom stereocenters. The minimum atomic E-state index is 0.585. The highest BCUT2D eigenvalue weighted by molar-refractivity contribution is 5.19. The molecule has 124 valence electrons. The van der Waals surface area contributed by atoms with E-state index in [1.165, 1.54) is 12.8 Å². The van der Waals surface area contributed by atoms with Gasteiger partial charge in [0.1, 0.15) is 0 Å². The molecule has 23 heavy (non-hydrogen) atoms. The van der Waals surface area contributed by atoms with Gasteiger partial charge in [-0.25, -0.2) is 0 Å². The van der Waals surface area contributed by atoms with E-state index in [1.807, 2.05) is 0 Å². The van der Waals surface area contributed by atoms with Crippen LogP contribution in [0.5, 0.6) is 0 Å². The van der Waals surface area contributed by atoms with Crippen molar-refractivity contribution < 1.29 is 0 Å². The molecule has 4 saturated carbocycles. The van der Waals surface area contributed by atoms with Gasteiger partial charge in [-0.1, -0.05) is 38.2 Å². The van der Waals surface area contributed by atoms with Crippen LogP contribution in [-0.4, -0.2) is 0 Å². The second-order valence-electron chi connectivity index (χ2n) is 10.6. The van der Waals surface area contributed by atoms with Gasteiger partial charge in [0.2, 0.25) is 0 Å². The van der Waals surface area contributed by atoms with Crippen LogP contribution in [0.4, 0.5) is 0 Å². The maximum atomic E-state index is 2.69. The number of hydrogen-bond acceptors (Lipinski definition) is 0. The smallest absolute Gasteiger partial charge is 0.0168 e. The van der Waals surface area contributed by atoms with Crippen molar-refractivity contribution in [1.29, 1.82) is 0 Å². The lowest BCUT2D eigenvalue weighted by molar-refractivity contribution is 0.00151. The van der Waals surface area contributed by atoms with Gasteiger partial charge in [-0.2, -0.15) is 0 Å². The van der Waals surface area contributed by atoms with Gasteiger partial charge in [-0.05, 0) is 103 Å². The van der Waals surface area contributed by atoms with E-state index in [2.05, 4.69) is 38.2 Å². The molecule has 6 rings (SSSR count). The first kappa shape index (κ1) is 13.7. The Hall–Kier alpha value is -0.520. The lowest BCUT2D eigenvalue weighted by Crippen LogP contribution is -2.43. The molecule has 0 radical (unpaired) electrons. The van der Waals surface area contributed by atoms with Crippen molar-refractivity contribution >= 4 is 0 Å². The Morgan fingerprint density at radius 1 is 0.652 bits per heavy atom. The predicted molar refractivity (Wildman–Crippen MR) is 94.7 cm³/mol. The second-order valence-corrected chi connectivity index (χ2v) is 10.6. The van der Waals surface area contributed by atoms with E-state index in [9.17, 15) is 0 Å². The summed E-state index contributed by atoms with van der Waals surface area (Å²) in [4.78, 5) is 0. The van der Waals surface area contributed by atoms with Crippen LogP contribution >= 0.6 is 0 Å². The summed E-state index contributed by atoms with van der Waals surface area (Å²) in [7, 11) is 0. The second kappa shape index (κ2) is 4.36. The van der Waals surface area contributed by atoms with Crippen molar-refractivity contribution in [3.63, 3.8) is 0 Å². The Bertz CT molecular complexity index is 531. The Labute approximate surface area is 141 Å².